The summed E-state index contributed by atoms with van der Waals surface area (Å²) in [6, 6.07) is 20.4. The molecule has 0 heterocycles. The summed E-state index contributed by atoms with van der Waals surface area (Å²) >= 11 is 6.19. The standard InChI is InChI=1S/C28H30ClN3O3/c1-19(2)21-10-8-11-23(16-21)28(3,4)31-27(33)32-30-17-20-13-14-25(26(15-20)34-5)35-18-22-9-6-7-12-24(22)29/h6-17H,1,18H2,2-5H3,(H2,31,32,33). The Morgan fingerprint density at radius 1 is 1.09 bits per heavy atom. The van der Waals surface area contributed by atoms with Gasteiger partial charge in [-0.25, -0.2) is 10.2 Å². The molecular weight excluding hydrogens is 462 g/mol. The van der Waals surface area contributed by atoms with E-state index in [1.807, 2.05) is 75.4 Å². The third-order valence-electron chi connectivity index (χ3n) is 5.41. The maximum atomic E-state index is 12.5. The van der Waals surface area contributed by atoms with Crippen molar-refractivity contribution >= 4 is 29.4 Å². The van der Waals surface area contributed by atoms with E-state index in [9.17, 15) is 4.79 Å². The van der Waals surface area contributed by atoms with Crippen LogP contribution in [0.3, 0.4) is 0 Å². The summed E-state index contributed by atoms with van der Waals surface area (Å²) in [6.45, 7) is 10.1. The summed E-state index contributed by atoms with van der Waals surface area (Å²) in [5.41, 5.74) is 6.49. The number of benzene rings is 3. The molecule has 2 amide bonds. The molecule has 0 spiro atoms. The van der Waals surface area contributed by atoms with Crippen LogP contribution in [-0.4, -0.2) is 19.4 Å². The van der Waals surface area contributed by atoms with Gasteiger partial charge in [-0.1, -0.05) is 60.2 Å². The topological polar surface area (TPSA) is 72.0 Å². The number of halogens is 1. The van der Waals surface area contributed by atoms with E-state index in [1.165, 1.54) is 6.21 Å². The molecule has 0 bridgehead atoms. The predicted octanol–water partition coefficient (Wildman–Crippen LogP) is 6.53. The maximum absolute atomic E-state index is 12.5. The summed E-state index contributed by atoms with van der Waals surface area (Å²) < 4.78 is 11.3. The van der Waals surface area contributed by atoms with Gasteiger partial charge in [0, 0.05) is 10.6 Å². The Morgan fingerprint density at radius 3 is 2.57 bits per heavy atom. The zero-order chi connectivity index (χ0) is 25.4. The zero-order valence-electron chi connectivity index (χ0n) is 20.4. The molecule has 0 saturated heterocycles. The second kappa shape index (κ2) is 11.6. The van der Waals surface area contributed by atoms with Crippen LogP contribution < -0.4 is 20.2 Å². The molecule has 2 N–H and O–H groups in total. The first kappa shape index (κ1) is 25.8. The van der Waals surface area contributed by atoms with Gasteiger partial charge in [-0.15, -0.1) is 0 Å². The SMILES string of the molecule is C=C(C)c1cccc(C(C)(C)NC(=O)NN=Cc2ccc(OCc3ccccc3Cl)c(OC)c2)c1. The van der Waals surface area contributed by atoms with Gasteiger partial charge in [-0.05, 0) is 67.8 Å². The number of nitrogens with zero attached hydrogens (tertiary/aromatic N) is 1. The quantitative estimate of drug-likeness (QED) is 0.264. The molecule has 0 atom stereocenters. The number of allylic oxidation sites excluding steroid dienone is 1. The molecule has 0 aromatic heterocycles. The summed E-state index contributed by atoms with van der Waals surface area (Å²) in [5, 5.41) is 7.65. The third-order valence-corrected chi connectivity index (χ3v) is 5.78. The lowest BCUT2D eigenvalue weighted by Crippen LogP contribution is -2.45. The third kappa shape index (κ3) is 7.11. The second-order valence-electron chi connectivity index (χ2n) is 8.60. The molecule has 182 valence electrons. The molecule has 35 heavy (non-hydrogen) atoms. The first-order valence-electron chi connectivity index (χ1n) is 11.1. The molecule has 6 nitrogen and oxygen atoms in total. The maximum Gasteiger partial charge on any atom is 0.335 e. The highest BCUT2D eigenvalue weighted by atomic mass is 35.5. The van der Waals surface area contributed by atoms with Crippen LogP contribution in [0.15, 0.2) is 78.4 Å². The highest BCUT2D eigenvalue weighted by Crippen LogP contribution is 2.29. The first-order valence-corrected chi connectivity index (χ1v) is 11.5. The Kier molecular flexibility index (Phi) is 8.55. The predicted molar refractivity (Wildman–Crippen MR) is 142 cm³/mol. The number of carbonyl (C=O) groups excluding carboxylic acids is 1. The number of urea groups is 1. The zero-order valence-corrected chi connectivity index (χ0v) is 21.1. The van der Waals surface area contributed by atoms with Crippen molar-refractivity contribution in [1.29, 1.82) is 0 Å². The number of ether oxygens (including phenoxy) is 2. The minimum atomic E-state index is -0.602. The van der Waals surface area contributed by atoms with Crippen LogP contribution in [0.2, 0.25) is 5.02 Å². The van der Waals surface area contributed by atoms with Crippen LogP contribution in [0, 0.1) is 0 Å². The molecule has 3 aromatic rings. The molecule has 0 aliphatic carbocycles. The minimum absolute atomic E-state index is 0.316. The number of nitrogens with one attached hydrogen (secondary N) is 2. The van der Waals surface area contributed by atoms with Gasteiger partial charge in [0.25, 0.3) is 0 Å². The lowest BCUT2D eigenvalue weighted by Gasteiger charge is -2.27. The number of amides is 2. The number of carbonyl (C=O) groups is 1. The van der Waals surface area contributed by atoms with E-state index in [0.29, 0.717) is 23.1 Å². The van der Waals surface area contributed by atoms with Crippen LogP contribution in [0.25, 0.3) is 5.57 Å². The van der Waals surface area contributed by atoms with Crippen molar-refractivity contribution in [2.45, 2.75) is 32.9 Å². The Balaban J connectivity index is 1.60. The molecule has 0 radical (unpaired) electrons. The normalized spacial score (nSPS) is 11.2. The van der Waals surface area contributed by atoms with Crippen molar-refractivity contribution < 1.29 is 14.3 Å². The monoisotopic (exact) mass is 491 g/mol. The molecular formula is C28H30ClN3O3. The molecule has 7 heteroatoms. The van der Waals surface area contributed by atoms with Gasteiger partial charge < -0.3 is 14.8 Å². The Bertz CT molecular complexity index is 1240. The summed E-state index contributed by atoms with van der Waals surface area (Å²) in [6.07, 6.45) is 1.54. The number of rotatable bonds is 9. The summed E-state index contributed by atoms with van der Waals surface area (Å²) in [7, 11) is 1.56. The van der Waals surface area contributed by atoms with E-state index >= 15 is 0 Å². The Labute approximate surface area is 211 Å². The van der Waals surface area contributed by atoms with Crippen molar-refractivity contribution in [2.24, 2.45) is 5.10 Å². The van der Waals surface area contributed by atoms with Crippen molar-refractivity contribution in [3.05, 3.63) is 101 Å². The molecule has 3 rings (SSSR count). The smallest absolute Gasteiger partial charge is 0.335 e. The van der Waals surface area contributed by atoms with Gasteiger partial charge in [0.1, 0.15) is 6.61 Å². The number of hydrogen-bond donors (Lipinski definition) is 2. The summed E-state index contributed by atoms with van der Waals surface area (Å²) in [5.74, 6) is 1.12. The van der Waals surface area contributed by atoms with Gasteiger partial charge in [-0.3, -0.25) is 0 Å². The first-order chi connectivity index (χ1) is 16.7. The van der Waals surface area contributed by atoms with Gasteiger partial charge in [0.2, 0.25) is 0 Å². The van der Waals surface area contributed by atoms with E-state index in [2.05, 4.69) is 22.4 Å². The van der Waals surface area contributed by atoms with Crippen LogP contribution >= 0.6 is 11.6 Å². The highest BCUT2D eigenvalue weighted by molar-refractivity contribution is 6.31. The second-order valence-corrected chi connectivity index (χ2v) is 9.01. The van der Waals surface area contributed by atoms with Crippen LogP contribution in [-0.2, 0) is 12.1 Å². The molecule has 3 aromatic carbocycles. The molecule has 0 unspecified atom stereocenters. The van der Waals surface area contributed by atoms with Crippen LogP contribution in [0.5, 0.6) is 11.5 Å². The number of methoxy groups -OCH3 is 1. The van der Waals surface area contributed by atoms with Crippen LogP contribution in [0.1, 0.15) is 43.0 Å². The Hall–Kier alpha value is -3.77. The lowest BCUT2D eigenvalue weighted by atomic mass is 9.92. The molecule has 0 fully saturated rings. The van der Waals surface area contributed by atoms with E-state index in [1.54, 1.807) is 19.2 Å². The number of hydrogen-bond acceptors (Lipinski definition) is 4. The highest BCUT2D eigenvalue weighted by Gasteiger charge is 2.23. The average Bonchev–Trinajstić information content (AvgIpc) is 2.83. The van der Waals surface area contributed by atoms with Gasteiger partial charge in [0.05, 0.1) is 18.9 Å². The fourth-order valence-corrected chi connectivity index (χ4v) is 3.57. The van der Waals surface area contributed by atoms with Crippen molar-refractivity contribution in [3.8, 4) is 11.5 Å². The summed E-state index contributed by atoms with van der Waals surface area (Å²) in [4.78, 5) is 12.5. The van der Waals surface area contributed by atoms with E-state index in [0.717, 1.165) is 27.8 Å². The van der Waals surface area contributed by atoms with E-state index in [-0.39, 0.29) is 0 Å². The molecule has 0 saturated carbocycles. The molecule has 0 aliphatic heterocycles. The van der Waals surface area contributed by atoms with E-state index < -0.39 is 11.6 Å². The fraction of sp³-hybridized carbons (Fsp3) is 0.214. The average molecular weight is 492 g/mol. The van der Waals surface area contributed by atoms with Gasteiger partial charge in [0.15, 0.2) is 11.5 Å². The number of hydrazone groups is 1. The van der Waals surface area contributed by atoms with Crippen molar-refractivity contribution in [2.75, 3.05) is 7.11 Å². The van der Waals surface area contributed by atoms with Crippen LogP contribution in [0.4, 0.5) is 4.79 Å². The molecule has 0 aliphatic rings. The van der Waals surface area contributed by atoms with E-state index in [4.69, 9.17) is 21.1 Å². The Morgan fingerprint density at radius 2 is 1.86 bits per heavy atom. The van der Waals surface area contributed by atoms with Gasteiger partial charge >= 0.3 is 6.03 Å². The lowest BCUT2D eigenvalue weighted by molar-refractivity contribution is 0.230. The minimum Gasteiger partial charge on any atom is -0.493 e. The largest absolute Gasteiger partial charge is 0.493 e. The fourth-order valence-electron chi connectivity index (χ4n) is 3.38. The van der Waals surface area contributed by atoms with Gasteiger partial charge in [-0.2, -0.15) is 5.10 Å². The van der Waals surface area contributed by atoms with Crippen molar-refractivity contribution in [1.82, 2.24) is 10.7 Å². The van der Waals surface area contributed by atoms with Crippen molar-refractivity contribution in [3.63, 3.8) is 0 Å².